The van der Waals surface area contributed by atoms with Crippen LogP contribution in [0.2, 0.25) is 0 Å². The van der Waals surface area contributed by atoms with Crippen LogP contribution < -0.4 is 11.1 Å². The number of nitrogens with one attached hydrogen (secondary N) is 1. The molecule has 0 aliphatic carbocycles. The first kappa shape index (κ1) is 18.4. The second-order valence-corrected chi connectivity index (χ2v) is 7.15. The van der Waals surface area contributed by atoms with E-state index in [0.717, 1.165) is 12.8 Å². The molecule has 1 aromatic rings. The Bertz CT molecular complexity index is 621. The Kier molecular flexibility index (Phi) is 5.95. The van der Waals surface area contributed by atoms with Crippen molar-refractivity contribution in [3.8, 4) is 0 Å². The zero-order chi connectivity index (χ0) is 17.9. The maximum absolute atomic E-state index is 12.4. The van der Waals surface area contributed by atoms with E-state index in [1.54, 1.807) is 30.4 Å². The van der Waals surface area contributed by atoms with Crippen molar-refractivity contribution < 1.29 is 14.4 Å². The molecule has 1 unspecified atom stereocenters. The number of nitrogens with two attached hydrogens (primary N) is 1. The van der Waals surface area contributed by atoms with Crippen LogP contribution in [0.1, 0.15) is 30.1 Å². The van der Waals surface area contributed by atoms with Crippen LogP contribution in [0.3, 0.4) is 0 Å². The number of amides is 3. The third-order valence-electron chi connectivity index (χ3n) is 4.41. The fraction of sp³-hybridized carbons (Fsp3) is 0.562. The lowest BCUT2D eigenvalue weighted by molar-refractivity contribution is -0.134. The summed E-state index contributed by atoms with van der Waals surface area (Å²) in [6.07, 6.45) is 1.50. The van der Waals surface area contributed by atoms with E-state index < -0.39 is 5.91 Å². The number of anilines is 1. The molecule has 2 rings (SSSR count). The second kappa shape index (κ2) is 7.76. The summed E-state index contributed by atoms with van der Waals surface area (Å²) in [5, 5.41) is 4.99. The Morgan fingerprint density at radius 3 is 2.50 bits per heavy atom. The van der Waals surface area contributed by atoms with Gasteiger partial charge in [-0.1, -0.05) is 0 Å². The first-order chi connectivity index (χ1) is 11.3. The summed E-state index contributed by atoms with van der Waals surface area (Å²) in [6, 6.07) is 1.27. The Labute approximate surface area is 145 Å². The normalized spacial score (nSPS) is 17.3. The number of nitrogens with zero attached hydrogens (tertiary/aromatic N) is 2. The van der Waals surface area contributed by atoms with Crippen molar-refractivity contribution in [2.75, 3.05) is 32.5 Å². The van der Waals surface area contributed by atoms with E-state index in [1.807, 2.05) is 6.92 Å². The molecule has 1 aliphatic heterocycles. The minimum atomic E-state index is -0.554. The summed E-state index contributed by atoms with van der Waals surface area (Å²) >= 11 is 1.28. The average Bonchev–Trinajstić information content (AvgIpc) is 3.01. The maximum atomic E-state index is 12.4. The van der Waals surface area contributed by atoms with Gasteiger partial charge in [0.2, 0.25) is 11.8 Å². The number of carbonyl (C=O) groups excluding carboxylic acids is 3. The topological polar surface area (TPSA) is 95.7 Å². The molecule has 2 heterocycles. The van der Waals surface area contributed by atoms with Gasteiger partial charge in [-0.25, -0.2) is 0 Å². The molecule has 0 bridgehead atoms. The number of primary amides is 1. The zero-order valence-electron chi connectivity index (χ0n) is 14.2. The molecule has 7 nitrogen and oxygen atoms in total. The number of rotatable bonds is 5. The van der Waals surface area contributed by atoms with Crippen molar-refractivity contribution in [3.63, 3.8) is 0 Å². The number of thiophene rings is 1. The number of carbonyl (C=O) groups is 3. The fourth-order valence-corrected chi connectivity index (χ4v) is 3.68. The number of likely N-dealkylation sites (tertiary alicyclic amines) is 1. The van der Waals surface area contributed by atoms with Gasteiger partial charge in [0.1, 0.15) is 5.00 Å². The van der Waals surface area contributed by atoms with Crippen molar-refractivity contribution >= 4 is 34.1 Å². The predicted molar refractivity (Wildman–Crippen MR) is 93.9 cm³/mol. The highest BCUT2D eigenvalue weighted by atomic mass is 32.1. The monoisotopic (exact) mass is 352 g/mol. The number of piperidine rings is 1. The van der Waals surface area contributed by atoms with Gasteiger partial charge in [0, 0.05) is 20.0 Å². The largest absolute Gasteiger partial charge is 0.366 e. The second-order valence-electron chi connectivity index (χ2n) is 6.24. The Morgan fingerprint density at radius 1 is 1.33 bits per heavy atom. The van der Waals surface area contributed by atoms with Gasteiger partial charge >= 0.3 is 0 Å². The molecule has 3 N–H and O–H groups in total. The molecule has 0 radical (unpaired) electrons. The molecule has 0 aromatic carbocycles. The van der Waals surface area contributed by atoms with Gasteiger partial charge in [-0.3, -0.25) is 19.3 Å². The maximum Gasteiger partial charge on any atom is 0.251 e. The van der Waals surface area contributed by atoms with Gasteiger partial charge in [0.15, 0.2) is 0 Å². The average molecular weight is 352 g/mol. The Hall–Kier alpha value is -1.93. The van der Waals surface area contributed by atoms with E-state index in [1.165, 1.54) is 11.3 Å². The fourth-order valence-electron chi connectivity index (χ4n) is 2.88. The van der Waals surface area contributed by atoms with Crippen molar-refractivity contribution in [1.29, 1.82) is 0 Å². The Morgan fingerprint density at radius 2 is 1.96 bits per heavy atom. The van der Waals surface area contributed by atoms with Gasteiger partial charge in [0.25, 0.3) is 5.91 Å². The van der Waals surface area contributed by atoms with E-state index in [9.17, 15) is 14.4 Å². The van der Waals surface area contributed by atoms with Crippen LogP contribution in [0.5, 0.6) is 0 Å². The predicted octanol–water partition coefficient (Wildman–Crippen LogP) is 0.974. The van der Waals surface area contributed by atoms with Crippen LogP contribution in [-0.4, -0.2) is 60.7 Å². The van der Waals surface area contributed by atoms with Crippen LogP contribution in [0.15, 0.2) is 11.4 Å². The number of hydrogen-bond acceptors (Lipinski definition) is 5. The molecule has 1 saturated heterocycles. The van der Waals surface area contributed by atoms with Gasteiger partial charge in [-0.2, -0.15) is 0 Å². The van der Waals surface area contributed by atoms with E-state index in [0.29, 0.717) is 23.7 Å². The van der Waals surface area contributed by atoms with Crippen LogP contribution in [-0.2, 0) is 9.59 Å². The molecule has 132 valence electrons. The first-order valence-electron chi connectivity index (χ1n) is 7.94. The molecular weight excluding hydrogens is 328 g/mol. The zero-order valence-corrected chi connectivity index (χ0v) is 15.1. The van der Waals surface area contributed by atoms with Crippen molar-refractivity contribution in [3.05, 3.63) is 17.0 Å². The molecule has 1 fully saturated rings. The lowest BCUT2D eigenvalue weighted by Gasteiger charge is -2.35. The quantitative estimate of drug-likeness (QED) is 0.825. The molecule has 1 aromatic heterocycles. The van der Waals surface area contributed by atoms with Gasteiger partial charge in [-0.05, 0) is 44.3 Å². The smallest absolute Gasteiger partial charge is 0.251 e. The third-order valence-corrected chi connectivity index (χ3v) is 5.24. The van der Waals surface area contributed by atoms with Crippen LogP contribution >= 0.6 is 11.3 Å². The molecular formula is C16H24N4O3S. The molecule has 0 spiro atoms. The summed E-state index contributed by atoms with van der Waals surface area (Å²) < 4.78 is 0. The van der Waals surface area contributed by atoms with E-state index in [2.05, 4.69) is 10.2 Å². The van der Waals surface area contributed by atoms with Crippen molar-refractivity contribution in [2.45, 2.75) is 25.8 Å². The minimum absolute atomic E-state index is 0.0327. The molecule has 0 saturated carbocycles. The van der Waals surface area contributed by atoms with E-state index in [4.69, 9.17) is 5.73 Å². The number of hydrogen-bond donors (Lipinski definition) is 2. The summed E-state index contributed by atoms with van der Waals surface area (Å²) in [4.78, 5) is 39.4. The van der Waals surface area contributed by atoms with Gasteiger partial charge < -0.3 is 16.0 Å². The first-order valence-corrected chi connectivity index (χ1v) is 8.82. The molecule has 24 heavy (non-hydrogen) atoms. The van der Waals surface area contributed by atoms with Crippen molar-refractivity contribution in [1.82, 2.24) is 9.80 Å². The van der Waals surface area contributed by atoms with E-state index in [-0.39, 0.29) is 23.8 Å². The van der Waals surface area contributed by atoms with Crippen LogP contribution in [0.25, 0.3) is 0 Å². The molecule has 3 amide bonds. The Balaban J connectivity index is 1.91. The molecule has 8 heteroatoms. The lowest BCUT2D eigenvalue weighted by atomic mass is 9.94. The van der Waals surface area contributed by atoms with Crippen molar-refractivity contribution in [2.24, 2.45) is 11.7 Å². The summed E-state index contributed by atoms with van der Waals surface area (Å²) in [6.45, 7) is 3.23. The highest BCUT2D eigenvalue weighted by Crippen LogP contribution is 2.24. The summed E-state index contributed by atoms with van der Waals surface area (Å²) in [7, 11) is 3.53. The lowest BCUT2D eigenvalue weighted by Crippen LogP contribution is -2.48. The summed E-state index contributed by atoms with van der Waals surface area (Å²) in [5.74, 6) is -0.540. The molecule has 1 atom stereocenters. The summed E-state index contributed by atoms with van der Waals surface area (Å²) in [5.41, 5.74) is 5.62. The minimum Gasteiger partial charge on any atom is -0.366 e. The van der Waals surface area contributed by atoms with Gasteiger partial charge in [0.05, 0.1) is 11.6 Å². The highest BCUT2D eigenvalue weighted by molar-refractivity contribution is 7.14. The standard InChI is InChI=1S/C16H24N4O3S/c1-10(14(22)18-15-12(13(17)21)6-9-24-15)20-7-4-11(5-8-20)16(23)19(2)3/h6,9-11H,4-5,7-8H2,1-3H3,(H2,17,21)(H,18,22). The van der Waals surface area contributed by atoms with Crippen LogP contribution in [0.4, 0.5) is 5.00 Å². The SMILES string of the molecule is CC(C(=O)Nc1sccc1C(N)=O)N1CCC(C(=O)N(C)C)CC1. The van der Waals surface area contributed by atoms with Gasteiger partial charge in [-0.15, -0.1) is 11.3 Å². The van der Waals surface area contributed by atoms with Crippen LogP contribution in [0, 0.1) is 5.92 Å². The molecule has 1 aliphatic rings. The third kappa shape index (κ3) is 4.12. The highest BCUT2D eigenvalue weighted by Gasteiger charge is 2.30. The van der Waals surface area contributed by atoms with E-state index >= 15 is 0 Å².